The van der Waals surface area contributed by atoms with Gasteiger partial charge in [-0.15, -0.1) is 0 Å². The van der Waals surface area contributed by atoms with Gasteiger partial charge in [0.25, 0.3) is 0 Å². The average molecular weight is 242 g/mol. The van der Waals surface area contributed by atoms with Gasteiger partial charge in [0.1, 0.15) is 0 Å². The van der Waals surface area contributed by atoms with Crippen LogP contribution in [0.3, 0.4) is 0 Å². The first kappa shape index (κ1) is 15.6. The van der Waals surface area contributed by atoms with E-state index in [0.717, 1.165) is 0 Å². The van der Waals surface area contributed by atoms with Crippen molar-refractivity contribution in [3.05, 3.63) is 0 Å². The summed E-state index contributed by atoms with van der Waals surface area (Å²) in [4.78, 5) is 0. The van der Waals surface area contributed by atoms with Gasteiger partial charge in [-0.3, -0.25) is 22.9 Å². The van der Waals surface area contributed by atoms with E-state index in [9.17, 15) is 20.4 Å². The zero-order valence-corrected chi connectivity index (χ0v) is 8.41. The molecule has 0 saturated carbocycles. The molecule has 0 aliphatic rings. The molecule has 0 unspecified atom stereocenters. The first-order chi connectivity index (χ1) is 6.87. The molecule has 10 nitrogen and oxygen atoms in total. The minimum atomic E-state index is -3.29. The highest BCUT2D eigenvalue weighted by Crippen LogP contribution is 2.27. The molecule has 10 heteroatoms. The zero-order chi connectivity index (χ0) is 13.4. The van der Waals surface area contributed by atoms with Gasteiger partial charge in [-0.2, -0.15) is 0 Å². The summed E-state index contributed by atoms with van der Waals surface area (Å²) in [5.41, 5.74) is 7.53. The van der Waals surface area contributed by atoms with Crippen molar-refractivity contribution >= 4 is 0 Å². The molecule has 0 fully saturated rings. The Morgan fingerprint density at radius 3 is 0.938 bits per heavy atom. The van der Waals surface area contributed by atoms with Crippen LogP contribution in [0.5, 0.6) is 0 Å². The molecule has 0 aromatic rings. The van der Waals surface area contributed by atoms with Crippen LogP contribution in [0.4, 0.5) is 0 Å². The van der Waals surface area contributed by atoms with Gasteiger partial charge in [0.05, 0.1) is 13.2 Å². The highest BCUT2D eigenvalue weighted by atomic mass is 16.5. The SMILES string of the molecule is N[C@](O)([C@](N)(O)[C@](N)(O)CO)[C@](N)(O)CO. The summed E-state index contributed by atoms with van der Waals surface area (Å²) >= 11 is 0. The summed E-state index contributed by atoms with van der Waals surface area (Å²) in [6.07, 6.45) is 0. The molecule has 0 saturated heterocycles. The second-order valence-corrected chi connectivity index (χ2v) is 3.70. The highest BCUT2D eigenvalue weighted by molar-refractivity contribution is 5.10. The van der Waals surface area contributed by atoms with E-state index < -0.39 is 36.1 Å². The number of nitrogens with two attached hydrogens (primary N) is 4. The van der Waals surface area contributed by atoms with Gasteiger partial charge in [0.2, 0.25) is 11.4 Å². The molecule has 0 bridgehead atoms. The van der Waals surface area contributed by atoms with Crippen LogP contribution in [0.15, 0.2) is 0 Å². The second kappa shape index (κ2) is 4.12. The van der Waals surface area contributed by atoms with Crippen molar-refractivity contribution in [2.75, 3.05) is 13.2 Å². The Kier molecular flexibility index (Phi) is 4.02. The van der Waals surface area contributed by atoms with E-state index in [1.165, 1.54) is 0 Å². The number of aliphatic hydroxyl groups excluding tert-OH is 2. The normalized spacial score (nSPS) is 27.4. The van der Waals surface area contributed by atoms with E-state index in [1.807, 2.05) is 0 Å². The molecule has 0 aliphatic carbocycles. The molecule has 14 N–H and O–H groups in total. The van der Waals surface area contributed by atoms with Crippen molar-refractivity contribution in [3.63, 3.8) is 0 Å². The van der Waals surface area contributed by atoms with Crippen LogP contribution >= 0.6 is 0 Å². The summed E-state index contributed by atoms with van der Waals surface area (Å²) in [5.74, 6) is 0. The molecule has 0 aliphatic heterocycles. The molecular weight excluding hydrogens is 224 g/mol. The third kappa shape index (κ3) is 2.03. The lowest BCUT2D eigenvalue weighted by Crippen LogP contribution is -2.88. The first-order valence-electron chi connectivity index (χ1n) is 4.14. The van der Waals surface area contributed by atoms with E-state index in [0.29, 0.717) is 0 Å². The van der Waals surface area contributed by atoms with Crippen molar-refractivity contribution in [3.8, 4) is 0 Å². The largest absolute Gasteiger partial charge is 0.392 e. The van der Waals surface area contributed by atoms with E-state index >= 15 is 0 Å². The maximum absolute atomic E-state index is 9.55. The minimum Gasteiger partial charge on any atom is -0.392 e. The van der Waals surface area contributed by atoms with Crippen molar-refractivity contribution in [1.29, 1.82) is 0 Å². The van der Waals surface area contributed by atoms with Crippen molar-refractivity contribution < 1.29 is 30.6 Å². The van der Waals surface area contributed by atoms with Gasteiger partial charge in [-0.25, -0.2) is 0 Å². The molecule has 0 radical (unpaired) electrons. The quantitative estimate of drug-likeness (QED) is 0.205. The fourth-order valence-corrected chi connectivity index (χ4v) is 0.901. The Bertz CT molecular complexity index is 227. The monoisotopic (exact) mass is 242 g/mol. The Morgan fingerprint density at radius 2 is 0.812 bits per heavy atom. The van der Waals surface area contributed by atoms with E-state index in [1.54, 1.807) is 0 Å². The number of aliphatic hydroxyl groups is 6. The predicted molar refractivity (Wildman–Crippen MR) is 50.7 cm³/mol. The van der Waals surface area contributed by atoms with Gasteiger partial charge < -0.3 is 30.6 Å². The molecule has 16 heavy (non-hydrogen) atoms. The minimum absolute atomic E-state index is 1.29. The van der Waals surface area contributed by atoms with Gasteiger partial charge in [-0.1, -0.05) is 0 Å². The molecule has 0 spiro atoms. The average Bonchev–Trinajstić information content (AvgIpc) is 2.16. The summed E-state index contributed by atoms with van der Waals surface area (Å²) in [5, 5.41) is 55.1. The Balaban J connectivity index is 5.46. The van der Waals surface area contributed by atoms with Gasteiger partial charge in [-0.05, 0) is 0 Å². The van der Waals surface area contributed by atoms with Crippen molar-refractivity contribution in [1.82, 2.24) is 0 Å². The van der Waals surface area contributed by atoms with E-state index in [2.05, 4.69) is 0 Å². The smallest absolute Gasteiger partial charge is 0.206 e. The fraction of sp³-hybridized carbons (Fsp3) is 1.00. The molecule has 0 aromatic carbocycles. The third-order valence-electron chi connectivity index (χ3n) is 2.38. The topological polar surface area (TPSA) is 225 Å². The molecule has 0 aromatic heterocycles. The lowest BCUT2D eigenvalue weighted by molar-refractivity contribution is -0.306. The fourth-order valence-electron chi connectivity index (χ4n) is 0.901. The Hall–Kier alpha value is -0.400. The maximum atomic E-state index is 9.55. The lowest BCUT2D eigenvalue weighted by Gasteiger charge is -2.50. The molecule has 98 valence electrons. The highest BCUT2D eigenvalue weighted by Gasteiger charge is 2.64. The molecular formula is C6H18N4O6. The first-order valence-corrected chi connectivity index (χ1v) is 4.14. The molecule has 0 amide bonds. The predicted octanol–water partition coefficient (Wildman–Crippen LogP) is -6.44. The van der Waals surface area contributed by atoms with Gasteiger partial charge >= 0.3 is 0 Å². The van der Waals surface area contributed by atoms with Crippen LogP contribution in [0, 0.1) is 0 Å². The molecule has 0 heterocycles. The van der Waals surface area contributed by atoms with Gasteiger partial charge in [0, 0.05) is 0 Å². The summed E-state index contributed by atoms with van der Waals surface area (Å²) in [6.45, 7) is -2.58. The van der Waals surface area contributed by atoms with Crippen molar-refractivity contribution in [2.45, 2.75) is 22.9 Å². The standard InChI is InChI=1S/C6H18N4O6/c7-3(13,1-11)5(9,15)6(10,16)4(8,14)2-12/h11-16H,1-2,7-10H2/t3-,4-,5-,6-/m1/s1. The number of rotatable bonds is 5. The maximum Gasteiger partial charge on any atom is 0.206 e. The molecule has 0 rings (SSSR count). The lowest BCUT2D eigenvalue weighted by atomic mass is 9.83. The second-order valence-electron chi connectivity index (χ2n) is 3.70. The summed E-state index contributed by atoms with van der Waals surface area (Å²) in [6, 6.07) is 0. The van der Waals surface area contributed by atoms with E-state index in [4.69, 9.17) is 33.1 Å². The number of hydrogen-bond acceptors (Lipinski definition) is 10. The Labute approximate surface area is 90.7 Å². The summed E-state index contributed by atoms with van der Waals surface area (Å²) < 4.78 is 0. The summed E-state index contributed by atoms with van der Waals surface area (Å²) in [7, 11) is 0. The number of hydrogen-bond donors (Lipinski definition) is 10. The van der Waals surface area contributed by atoms with Crippen LogP contribution in [0.2, 0.25) is 0 Å². The third-order valence-corrected chi connectivity index (χ3v) is 2.38. The van der Waals surface area contributed by atoms with Crippen LogP contribution in [-0.4, -0.2) is 66.8 Å². The Morgan fingerprint density at radius 1 is 0.625 bits per heavy atom. The van der Waals surface area contributed by atoms with E-state index in [-0.39, 0.29) is 0 Å². The van der Waals surface area contributed by atoms with Crippen molar-refractivity contribution in [2.24, 2.45) is 22.9 Å². The van der Waals surface area contributed by atoms with Crippen LogP contribution < -0.4 is 22.9 Å². The van der Waals surface area contributed by atoms with Crippen LogP contribution in [-0.2, 0) is 0 Å². The zero-order valence-electron chi connectivity index (χ0n) is 8.41. The van der Waals surface area contributed by atoms with Crippen LogP contribution in [0.1, 0.15) is 0 Å². The van der Waals surface area contributed by atoms with Crippen LogP contribution in [0.25, 0.3) is 0 Å². The van der Waals surface area contributed by atoms with Gasteiger partial charge in [0.15, 0.2) is 11.4 Å². The molecule has 4 atom stereocenters.